The standard InChI is InChI=1S/C22H30N2O5S/c1-13(2)28-17-12-16-18(11-15(17)20(25)27-6)30-19(23-16)14-7-9-24(10-8-14)21(26)29-22(3,4)5/h11-14H,7-10H2,1-6H3. The lowest BCUT2D eigenvalue weighted by atomic mass is 9.98. The molecule has 30 heavy (non-hydrogen) atoms. The van der Waals surface area contributed by atoms with E-state index in [0.29, 0.717) is 24.4 Å². The van der Waals surface area contributed by atoms with E-state index >= 15 is 0 Å². The second kappa shape index (κ2) is 8.79. The molecule has 164 valence electrons. The zero-order valence-corrected chi connectivity index (χ0v) is 19.3. The maximum Gasteiger partial charge on any atom is 0.410 e. The molecule has 0 aliphatic carbocycles. The van der Waals surface area contributed by atoms with Gasteiger partial charge in [-0.1, -0.05) is 0 Å². The van der Waals surface area contributed by atoms with Gasteiger partial charge in [0, 0.05) is 25.1 Å². The summed E-state index contributed by atoms with van der Waals surface area (Å²) in [6.07, 6.45) is 1.33. The van der Waals surface area contributed by atoms with Crippen LogP contribution in [-0.2, 0) is 9.47 Å². The molecular weight excluding hydrogens is 404 g/mol. The first-order chi connectivity index (χ1) is 14.1. The van der Waals surface area contributed by atoms with Gasteiger partial charge in [-0.05, 0) is 53.5 Å². The number of benzene rings is 1. The van der Waals surface area contributed by atoms with E-state index in [1.807, 2.05) is 40.7 Å². The number of carbonyl (C=O) groups is 2. The number of nitrogens with zero attached hydrogens (tertiary/aromatic N) is 2. The Labute approximate surface area is 181 Å². The van der Waals surface area contributed by atoms with Crippen molar-refractivity contribution < 1.29 is 23.8 Å². The normalized spacial score (nSPS) is 15.5. The van der Waals surface area contributed by atoms with Gasteiger partial charge in [-0.15, -0.1) is 11.3 Å². The monoisotopic (exact) mass is 434 g/mol. The van der Waals surface area contributed by atoms with Gasteiger partial charge in [-0.25, -0.2) is 14.6 Å². The van der Waals surface area contributed by atoms with Gasteiger partial charge in [-0.3, -0.25) is 0 Å². The zero-order valence-electron chi connectivity index (χ0n) is 18.5. The van der Waals surface area contributed by atoms with Gasteiger partial charge >= 0.3 is 12.1 Å². The van der Waals surface area contributed by atoms with Crippen molar-refractivity contribution >= 4 is 33.6 Å². The minimum absolute atomic E-state index is 0.0684. The third-order valence-corrected chi connectivity index (χ3v) is 5.95. The van der Waals surface area contributed by atoms with Crippen LogP contribution >= 0.6 is 11.3 Å². The van der Waals surface area contributed by atoms with Crippen molar-refractivity contribution in [2.45, 2.75) is 65.1 Å². The highest BCUT2D eigenvalue weighted by atomic mass is 32.1. The first kappa shape index (κ1) is 22.3. The van der Waals surface area contributed by atoms with Crippen molar-refractivity contribution in [3.8, 4) is 5.75 Å². The highest BCUT2D eigenvalue weighted by Crippen LogP contribution is 2.37. The fourth-order valence-electron chi connectivity index (χ4n) is 3.40. The molecular formula is C22H30N2O5S. The number of piperidine rings is 1. The van der Waals surface area contributed by atoms with Crippen LogP contribution in [0, 0.1) is 0 Å². The fraction of sp³-hybridized carbons (Fsp3) is 0.591. The van der Waals surface area contributed by atoms with Crippen molar-refractivity contribution in [1.29, 1.82) is 0 Å². The third kappa shape index (κ3) is 5.22. The molecule has 0 N–H and O–H groups in total. The van der Waals surface area contributed by atoms with Gasteiger partial charge in [0.05, 0.1) is 28.4 Å². The van der Waals surface area contributed by atoms with Gasteiger partial charge in [0.15, 0.2) is 0 Å². The van der Waals surface area contributed by atoms with Gasteiger partial charge in [0.25, 0.3) is 0 Å². The van der Waals surface area contributed by atoms with Gasteiger partial charge in [0.1, 0.15) is 16.9 Å². The van der Waals surface area contributed by atoms with Crippen molar-refractivity contribution in [3.63, 3.8) is 0 Å². The van der Waals surface area contributed by atoms with Crippen molar-refractivity contribution in [2.75, 3.05) is 20.2 Å². The summed E-state index contributed by atoms with van der Waals surface area (Å²) in [5.41, 5.74) is 0.732. The van der Waals surface area contributed by atoms with Crippen LogP contribution in [0.1, 0.15) is 68.7 Å². The van der Waals surface area contributed by atoms with Crippen molar-refractivity contribution in [3.05, 3.63) is 22.7 Å². The maximum atomic E-state index is 12.3. The molecule has 1 aliphatic heterocycles. The third-order valence-electron chi connectivity index (χ3n) is 4.77. The number of ether oxygens (including phenoxy) is 3. The predicted octanol–water partition coefficient (Wildman–Crippen LogP) is 4.98. The van der Waals surface area contributed by atoms with E-state index in [-0.39, 0.29) is 18.1 Å². The topological polar surface area (TPSA) is 78.0 Å². The lowest BCUT2D eigenvalue weighted by molar-refractivity contribution is 0.0204. The summed E-state index contributed by atoms with van der Waals surface area (Å²) in [6.45, 7) is 10.7. The molecule has 1 fully saturated rings. The number of likely N-dealkylation sites (tertiary alicyclic amines) is 1. The summed E-state index contributed by atoms with van der Waals surface area (Å²) in [6, 6.07) is 3.62. The smallest absolute Gasteiger partial charge is 0.410 e. The average Bonchev–Trinajstić information content (AvgIpc) is 3.08. The number of fused-ring (bicyclic) bond motifs is 1. The molecule has 1 aromatic heterocycles. The van der Waals surface area contributed by atoms with E-state index in [1.54, 1.807) is 22.3 Å². The Morgan fingerprint density at radius 1 is 1.20 bits per heavy atom. The Hall–Kier alpha value is -2.35. The lowest BCUT2D eigenvalue weighted by Crippen LogP contribution is -2.41. The summed E-state index contributed by atoms with van der Waals surface area (Å²) in [4.78, 5) is 31.1. The van der Waals surface area contributed by atoms with Gasteiger partial charge in [-0.2, -0.15) is 0 Å². The molecule has 7 nitrogen and oxygen atoms in total. The first-order valence-corrected chi connectivity index (χ1v) is 11.1. The maximum absolute atomic E-state index is 12.3. The van der Waals surface area contributed by atoms with Crippen LogP contribution in [0.25, 0.3) is 10.2 Å². The van der Waals surface area contributed by atoms with Crippen LogP contribution in [0.15, 0.2) is 12.1 Å². The van der Waals surface area contributed by atoms with E-state index < -0.39 is 11.6 Å². The van der Waals surface area contributed by atoms with Crippen LogP contribution in [0.2, 0.25) is 0 Å². The Bertz CT molecular complexity index is 923. The van der Waals surface area contributed by atoms with E-state index in [9.17, 15) is 9.59 Å². The van der Waals surface area contributed by atoms with E-state index in [4.69, 9.17) is 19.2 Å². The van der Waals surface area contributed by atoms with E-state index in [1.165, 1.54) is 7.11 Å². The SMILES string of the molecule is COC(=O)c1cc2sc(C3CCN(C(=O)OC(C)(C)C)CC3)nc2cc1OC(C)C. The molecule has 0 unspecified atom stereocenters. The number of thiazole rings is 1. The summed E-state index contributed by atoms with van der Waals surface area (Å²) in [7, 11) is 1.36. The summed E-state index contributed by atoms with van der Waals surface area (Å²) < 4.78 is 17.1. The van der Waals surface area contributed by atoms with Crippen molar-refractivity contribution in [1.82, 2.24) is 9.88 Å². The van der Waals surface area contributed by atoms with Gasteiger partial charge < -0.3 is 19.1 Å². The summed E-state index contributed by atoms with van der Waals surface area (Å²) >= 11 is 1.58. The number of methoxy groups -OCH3 is 1. The number of aromatic nitrogens is 1. The van der Waals surface area contributed by atoms with E-state index in [2.05, 4.69) is 0 Å². The minimum atomic E-state index is -0.492. The zero-order chi connectivity index (χ0) is 22.1. The molecule has 1 aromatic carbocycles. The second-order valence-corrected chi connectivity index (χ2v) is 9.83. The molecule has 0 spiro atoms. The molecule has 2 heterocycles. The van der Waals surface area contributed by atoms with Gasteiger partial charge in [0.2, 0.25) is 0 Å². The molecule has 8 heteroatoms. The van der Waals surface area contributed by atoms with Crippen LogP contribution < -0.4 is 4.74 Å². The van der Waals surface area contributed by atoms with Crippen LogP contribution in [0.3, 0.4) is 0 Å². The minimum Gasteiger partial charge on any atom is -0.490 e. The second-order valence-electron chi connectivity index (χ2n) is 8.77. The van der Waals surface area contributed by atoms with Crippen LogP contribution in [-0.4, -0.2) is 53.9 Å². The Morgan fingerprint density at radius 2 is 1.87 bits per heavy atom. The average molecular weight is 435 g/mol. The predicted molar refractivity (Wildman–Crippen MR) is 117 cm³/mol. The molecule has 2 aromatic rings. The number of rotatable bonds is 4. The molecule has 0 saturated carbocycles. The van der Waals surface area contributed by atoms with Crippen LogP contribution in [0.4, 0.5) is 4.79 Å². The van der Waals surface area contributed by atoms with E-state index in [0.717, 1.165) is 28.1 Å². The lowest BCUT2D eigenvalue weighted by Gasteiger charge is -2.32. The molecule has 3 rings (SSSR count). The quantitative estimate of drug-likeness (QED) is 0.631. The van der Waals surface area contributed by atoms with Crippen LogP contribution in [0.5, 0.6) is 5.75 Å². The molecule has 0 atom stereocenters. The molecule has 0 bridgehead atoms. The highest BCUT2D eigenvalue weighted by Gasteiger charge is 2.29. The number of carbonyl (C=O) groups excluding carboxylic acids is 2. The summed E-state index contributed by atoms with van der Waals surface area (Å²) in [5.74, 6) is 0.339. The number of amides is 1. The molecule has 1 saturated heterocycles. The number of esters is 1. The summed E-state index contributed by atoms with van der Waals surface area (Å²) in [5, 5.41) is 1.02. The molecule has 1 aliphatic rings. The molecule has 0 radical (unpaired) electrons. The van der Waals surface area contributed by atoms with Crippen molar-refractivity contribution in [2.24, 2.45) is 0 Å². The largest absolute Gasteiger partial charge is 0.490 e. The Morgan fingerprint density at radius 3 is 2.43 bits per heavy atom. The highest BCUT2D eigenvalue weighted by molar-refractivity contribution is 7.18. The number of hydrogen-bond donors (Lipinski definition) is 0. The Kier molecular flexibility index (Phi) is 6.55. The first-order valence-electron chi connectivity index (χ1n) is 10.2. The molecule has 1 amide bonds. The fourth-order valence-corrected chi connectivity index (χ4v) is 4.56. The number of hydrogen-bond acceptors (Lipinski definition) is 7. The Balaban J connectivity index is 1.78.